The maximum Gasteiger partial charge on any atom is 0.249 e. The molecule has 1 aromatic carbocycles. The minimum Gasteiger partial charge on any atom is -0.350 e. The van der Waals surface area contributed by atoms with Gasteiger partial charge in [0, 0.05) is 23.8 Å². The van der Waals surface area contributed by atoms with Crippen molar-refractivity contribution >= 4 is 17.5 Å². The molecule has 95 valence electrons. The fraction of sp³-hybridized carbons (Fsp3) is 0.357. The Kier molecular flexibility index (Phi) is 2.89. The summed E-state index contributed by atoms with van der Waals surface area (Å²) in [4.78, 5) is 25.8. The summed E-state index contributed by atoms with van der Waals surface area (Å²) >= 11 is 0. The summed E-state index contributed by atoms with van der Waals surface area (Å²) in [6.45, 7) is 5.67. The molecular formula is C14H17N2O2. The van der Waals surface area contributed by atoms with Crippen LogP contribution < -0.4 is 10.2 Å². The molecular weight excluding hydrogens is 228 g/mol. The maximum atomic E-state index is 12.2. The Bertz CT molecular complexity index is 503. The van der Waals surface area contributed by atoms with Gasteiger partial charge in [0.25, 0.3) is 0 Å². The first kappa shape index (κ1) is 12.6. The Hall–Kier alpha value is -1.84. The third-order valence-corrected chi connectivity index (χ3v) is 2.77. The average Bonchev–Trinajstić information content (AvgIpc) is 2.50. The first-order valence-electron chi connectivity index (χ1n) is 5.88. The van der Waals surface area contributed by atoms with Crippen LogP contribution >= 0.6 is 0 Å². The van der Waals surface area contributed by atoms with Crippen LogP contribution in [0, 0.1) is 5.92 Å². The maximum absolute atomic E-state index is 12.2. The summed E-state index contributed by atoms with van der Waals surface area (Å²) in [6, 6.07) is 7.32. The van der Waals surface area contributed by atoms with Crippen LogP contribution in [0.15, 0.2) is 24.3 Å². The van der Waals surface area contributed by atoms with Crippen LogP contribution in [-0.2, 0) is 9.59 Å². The summed E-state index contributed by atoms with van der Waals surface area (Å²) in [6.07, 6.45) is 0. The van der Waals surface area contributed by atoms with Gasteiger partial charge < -0.3 is 10.2 Å². The molecule has 0 bridgehead atoms. The number of fused-ring (bicyclic) bond motifs is 1. The Balaban J connectivity index is 2.35. The van der Waals surface area contributed by atoms with E-state index >= 15 is 0 Å². The number of carbonyl (C=O) groups is 2. The monoisotopic (exact) mass is 245 g/mol. The Morgan fingerprint density at radius 1 is 1.22 bits per heavy atom. The number of nitrogens with one attached hydrogen (secondary N) is 1. The van der Waals surface area contributed by atoms with Crippen molar-refractivity contribution in [1.29, 1.82) is 0 Å². The lowest BCUT2D eigenvalue weighted by atomic mass is 9.98. The van der Waals surface area contributed by atoms with Crippen LogP contribution in [0.1, 0.15) is 26.3 Å². The lowest BCUT2D eigenvalue weighted by Gasteiger charge is -2.22. The number of anilines is 1. The minimum absolute atomic E-state index is 0.225. The Morgan fingerprint density at radius 3 is 2.44 bits per heavy atom. The predicted molar refractivity (Wildman–Crippen MR) is 70.1 cm³/mol. The van der Waals surface area contributed by atoms with Gasteiger partial charge in [-0.25, -0.2) is 0 Å². The van der Waals surface area contributed by atoms with Crippen LogP contribution in [0.4, 0.5) is 5.69 Å². The topological polar surface area (TPSA) is 49.4 Å². The highest BCUT2D eigenvalue weighted by Gasteiger charge is 2.41. The van der Waals surface area contributed by atoms with E-state index in [2.05, 4.69) is 5.32 Å². The van der Waals surface area contributed by atoms with Crippen molar-refractivity contribution in [2.45, 2.75) is 26.3 Å². The number of benzene rings is 1. The van der Waals surface area contributed by atoms with Gasteiger partial charge in [0.05, 0.1) is 0 Å². The van der Waals surface area contributed by atoms with Gasteiger partial charge in [0.15, 0.2) is 5.92 Å². The summed E-state index contributed by atoms with van der Waals surface area (Å²) in [5.41, 5.74) is 1.12. The second-order valence-corrected chi connectivity index (χ2v) is 5.46. The second kappa shape index (κ2) is 4.12. The van der Waals surface area contributed by atoms with Crippen molar-refractivity contribution in [3.63, 3.8) is 0 Å². The summed E-state index contributed by atoms with van der Waals surface area (Å²) < 4.78 is 0. The van der Waals surface area contributed by atoms with Crippen molar-refractivity contribution in [3.05, 3.63) is 35.7 Å². The molecule has 0 aromatic heterocycles. The Morgan fingerprint density at radius 2 is 1.83 bits per heavy atom. The lowest BCUT2D eigenvalue weighted by Crippen LogP contribution is -2.45. The molecule has 0 unspecified atom stereocenters. The van der Waals surface area contributed by atoms with Crippen LogP contribution in [-0.4, -0.2) is 24.4 Å². The van der Waals surface area contributed by atoms with Crippen LogP contribution in [0.25, 0.3) is 0 Å². The van der Waals surface area contributed by atoms with Gasteiger partial charge in [0.1, 0.15) is 0 Å². The van der Waals surface area contributed by atoms with E-state index in [1.165, 1.54) is 4.90 Å². The number of amides is 2. The van der Waals surface area contributed by atoms with Gasteiger partial charge >= 0.3 is 0 Å². The highest BCUT2D eigenvalue weighted by Crippen LogP contribution is 2.35. The molecule has 1 aromatic rings. The van der Waals surface area contributed by atoms with Crippen molar-refractivity contribution in [3.8, 4) is 0 Å². The van der Waals surface area contributed by atoms with E-state index in [-0.39, 0.29) is 23.3 Å². The SMILES string of the molecule is CN1C(=O)[C](C(=O)NC(C)(C)C)c2ccccc21. The lowest BCUT2D eigenvalue weighted by molar-refractivity contribution is -0.125. The summed E-state index contributed by atoms with van der Waals surface area (Å²) in [5, 5.41) is 2.83. The van der Waals surface area contributed by atoms with E-state index in [9.17, 15) is 9.59 Å². The highest BCUT2D eigenvalue weighted by molar-refractivity contribution is 6.27. The summed E-state index contributed by atoms with van der Waals surface area (Å²) in [7, 11) is 1.68. The van der Waals surface area contributed by atoms with Gasteiger partial charge in [-0.05, 0) is 26.8 Å². The molecule has 1 aliphatic rings. The molecule has 4 nitrogen and oxygen atoms in total. The minimum atomic E-state index is -0.361. The van der Waals surface area contributed by atoms with Crippen molar-refractivity contribution in [2.75, 3.05) is 11.9 Å². The Labute approximate surface area is 107 Å². The van der Waals surface area contributed by atoms with E-state index < -0.39 is 0 Å². The fourth-order valence-corrected chi connectivity index (χ4v) is 1.99. The molecule has 1 radical (unpaired) electrons. The molecule has 0 aliphatic carbocycles. The number of hydrogen-bond donors (Lipinski definition) is 1. The first-order valence-corrected chi connectivity index (χ1v) is 5.88. The molecule has 2 rings (SSSR count). The summed E-state index contributed by atoms with van der Waals surface area (Å²) in [5.74, 6) is -0.342. The van der Waals surface area contributed by atoms with E-state index in [1.54, 1.807) is 13.1 Å². The number of rotatable bonds is 1. The number of carbonyl (C=O) groups excluding carboxylic acids is 2. The number of nitrogens with zero attached hydrogens (tertiary/aromatic N) is 1. The van der Waals surface area contributed by atoms with Crippen LogP contribution in [0.2, 0.25) is 0 Å². The largest absolute Gasteiger partial charge is 0.350 e. The number of para-hydroxylation sites is 1. The molecule has 4 heteroatoms. The molecule has 18 heavy (non-hydrogen) atoms. The van der Waals surface area contributed by atoms with Gasteiger partial charge in [0.2, 0.25) is 11.8 Å². The van der Waals surface area contributed by atoms with Gasteiger partial charge in [-0.2, -0.15) is 0 Å². The third-order valence-electron chi connectivity index (χ3n) is 2.77. The second-order valence-electron chi connectivity index (χ2n) is 5.46. The normalized spacial score (nSPS) is 15.8. The van der Waals surface area contributed by atoms with E-state index in [1.807, 2.05) is 39.0 Å². The smallest absolute Gasteiger partial charge is 0.249 e. The first-order chi connectivity index (χ1) is 8.31. The molecule has 0 spiro atoms. The molecule has 0 saturated heterocycles. The van der Waals surface area contributed by atoms with Crippen LogP contribution in [0.5, 0.6) is 0 Å². The molecule has 1 N–H and O–H groups in total. The molecule has 1 aliphatic heterocycles. The quantitative estimate of drug-likeness (QED) is 0.815. The van der Waals surface area contributed by atoms with Gasteiger partial charge in [-0.3, -0.25) is 9.59 Å². The van der Waals surface area contributed by atoms with E-state index in [0.29, 0.717) is 5.56 Å². The zero-order chi connectivity index (χ0) is 13.5. The van der Waals surface area contributed by atoms with Gasteiger partial charge in [-0.15, -0.1) is 0 Å². The zero-order valence-corrected chi connectivity index (χ0v) is 11.1. The van der Waals surface area contributed by atoms with Crippen molar-refractivity contribution in [2.24, 2.45) is 0 Å². The predicted octanol–water partition coefficient (Wildman–Crippen LogP) is 1.50. The molecule has 0 fully saturated rings. The third kappa shape index (κ3) is 2.10. The highest BCUT2D eigenvalue weighted by atomic mass is 16.2. The number of likely N-dealkylation sites (N-methyl/N-ethyl adjacent to an activating group) is 1. The zero-order valence-electron chi connectivity index (χ0n) is 11.1. The number of hydrogen-bond acceptors (Lipinski definition) is 2. The van der Waals surface area contributed by atoms with E-state index in [0.717, 1.165) is 5.69 Å². The fourth-order valence-electron chi connectivity index (χ4n) is 1.99. The van der Waals surface area contributed by atoms with Crippen molar-refractivity contribution in [1.82, 2.24) is 5.32 Å². The molecule has 0 atom stereocenters. The average molecular weight is 245 g/mol. The molecule has 1 heterocycles. The van der Waals surface area contributed by atoms with Crippen LogP contribution in [0.3, 0.4) is 0 Å². The standard InChI is InChI=1S/C14H17N2O2/c1-14(2,3)15-12(17)11-9-7-5-6-8-10(9)16(4)13(11)18/h5-8H,1-4H3,(H,15,17). The van der Waals surface area contributed by atoms with E-state index in [4.69, 9.17) is 0 Å². The van der Waals surface area contributed by atoms with Crippen molar-refractivity contribution < 1.29 is 9.59 Å². The molecule has 0 saturated carbocycles. The van der Waals surface area contributed by atoms with Gasteiger partial charge in [-0.1, -0.05) is 18.2 Å². The molecule has 2 amide bonds.